The Morgan fingerprint density at radius 1 is 1.22 bits per heavy atom. The fourth-order valence-electron chi connectivity index (χ4n) is 2.92. The summed E-state index contributed by atoms with van der Waals surface area (Å²) in [5.74, 6) is 0. The van der Waals surface area contributed by atoms with Gasteiger partial charge in [-0.3, -0.25) is 0 Å². The van der Waals surface area contributed by atoms with Gasteiger partial charge in [0.25, 0.3) is 0 Å². The van der Waals surface area contributed by atoms with Crippen LogP contribution in [0.2, 0.25) is 0 Å². The SMILES string of the molecule is CC1(C)C(N)C(C)(C)C1NC(=O)NCC(F)(F)F. The molecular weight excluding hydrogens is 247 g/mol. The number of amides is 2. The first-order valence-corrected chi connectivity index (χ1v) is 5.75. The van der Waals surface area contributed by atoms with Crippen LogP contribution in [0.5, 0.6) is 0 Å². The summed E-state index contributed by atoms with van der Waals surface area (Å²) < 4.78 is 35.9. The van der Waals surface area contributed by atoms with E-state index in [1.54, 1.807) is 5.32 Å². The summed E-state index contributed by atoms with van der Waals surface area (Å²) in [4.78, 5) is 11.4. The van der Waals surface area contributed by atoms with Gasteiger partial charge in [-0.05, 0) is 0 Å². The van der Waals surface area contributed by atoms with E-state index in [4.69, 9.17) is 5.73 Å². The molecule has 2 amide bonds. The highest BCUT2D eigenvalue weighted by atomic mass is 19.4. The summed E-state index contributed by atoms with van der Waals surface area (Å²) in [5.41, 5.74) is 5.32. The highest BCUT2D eigenvalue weighted by molar-refractivity contribution is 5.74. The topological polar surface area (TPSA) is 67.1 Å². The van der Waals surface area contributed by atoms with E-state index in [-0.39, 0.29) is 22.9 Å². The van der Waals surface area contributed by atoms with E-state index in [1.165, 1.54) is 0 Å². The Balaban J connectivity index is 2.55. The minimum Gasteiger partial charge on any atom is -0.334 e. The van der Waals surface area contributed by atoms with Crippen molar-refractivity contribution < 1.29 is 18.0 Å². The van der Waals surface area contributed by atoms with Crippen LogP contribution in [0, 0.1) is 10.8 Å². The van der Waals surface area contributed by atoms with Gasteiger partial charge in [0.15, 0.2) is 0 Å². The molecule has 0 aliphatic heterocycles. The lowest BCUT2D eigenvalue weighted by Crippen LogP contribution is -2.76. The minimum atomic E-state index is -4.40. The zero-order valence-corrected chi connectivity index (χ0v) is 11.0. The number of alkyl halides is 3. The molecule has 0 bridgehead atoms. The van der Waals surface area contributed by atoms with E-state index < -0.39 is 18.8 Å². The molecule has 1 saturated carbocycles. The van der Waals surface area contributed by atoms with E-state index in [1.807, 2.05) is 27.7 Å². The molecule has 106 valence electrons. The number of nitrogens with two attached hydrogens (primary N) is 1. The first-order valence-electron chi connectivity index (χ1n) is 5.75. The third-order valence-electron chi connectivity index (χ3n) is 3.82. The monoisotopic (exact) mass is 267 g/mol. The molecule has 0 atom stereocenters. The van der Waals surface area contributed by atoms with Crippen LogP contribution in [-0.2, 0) is 0 Å². The number of hydrogen-bond acceptors (Lipinski definition) is 2. The summed E-state index contributed by atoms with van der Waals surface area (Å²) in [5, 5.41) is 4.37. The first kappa shape index (κ1) is 15.1. The quantitative estimate of drug-likeness (QED) is 0.711. The summed E-state index contributed by atoms with van der Waals surface area (Å²) in [6, 6.07) is -1.18. The lowest BCUT2D eigenvalue weighted by molar-refractivity contribution is -0.123. The largest absolute Gasteiger partial charge is 0.405 e. The van der Waals surface area contributed by atoms with Crippen molar-refractivity contribution in [3.63, 3.8) is 0 Å². The van der Waals surface area contributed by atoms with Crippen molar-refractivity contribution in [2.75, 3.05) is 6.54 Å². The van der Waals surface area contributed by atoms with Crippen LogP contribution in [-0.4, -0.2) is 30.8 Å². The normalized spacial score (nSPS) is 29.3. The standard InChI is InChI=1S/C11H20F3N3O/c1-9(2)6(15)10(3,4)7(9)17-8(18)16-5-11(12,13)14/h6-7H,5,15H2,1-4H3,(H2,16,17,18). The molecule has 1 aliphatic rings. The molecule has 0 aromatic carbocycles. The molecule has 1 fully saturated rings. The molecule has 1 rings (SSSR count). The third-order valence-corrected chi connectivity index (χ3v) is 3.82. The number of rotatable bonds is 2. The zero-order valence-electron chi connectivity index (χ0n) is 11.0. The molecule has 0 saturated heterocycles. The second kappa shape index (κ2) is 4.29. The second-order valence-corrected chi connectivity index (χ2v) is 6.00. The number of carbonyl (C=O) groups excluding carboxylic acids is 1. The number of nitrogens with one attached hydrogen (secondary N) is 2. The second-order valence-electron chi connectivity index (χ2n) is 6.00. The average Bonchev–Trinajstić information content (AvgIpc) is 2.20. The van der Waals surface area contributed by atoms with E-state index in [0.717, 1.165) is 0 Å². The molecule has 4 N–H and O–H groups in total. The van der Waals surface area contributed by atoms with Crippen molar-refractivity contribution in [1.82, 2.24) is 10.6 Å². The molecule has 7 heteroatoms. The van der Waals surface area contributed by atoms with Gasteiger partial charge in [0.05, 0.1) is 0 Å². The zero-order chi connectivity index (χ0) is 14.4. The lowest BCUT2D eigenvalue weighted by atomic mass is 9.48. The van der Waals surface area contributed by atoms with Gasteiger partial charge >= 0.3 is 12.2 Å². The fraction of sp³-hybridized carbons (Fsp3) is 0.909. The smallest absolute Gasteiger partial charge is 0.334 e. The maximum absolute atomic E-state index is 12.0. The Labute approximate surface area is 104 Å². The van der Waals surface area contributed by atoms with Crippen molar-refractivity contribution in [1.29, 1.82) is 0 Å². The number of halogens is 3. The van der Waals surface area contributed by atoms with Gasteiger partial charge < -0.3 is 16.4 Å². The van der Waals surface area contributed by atoms with Crippen LogP contribution < -0.4 is 16.4 Å². The van der Waals surface area contributed by atoms with E-state index in [2.05, 4.69) is 5.32 Å². The van der Waals surface area contributed by atoms with Crippen LogP contribution in [0.25, 0.3) is 0 Å². The molecule has 0 unspecified atom stereocenters. The predicted molar refractivity (Wildman–Crippen MR) is 61.9 cm³/mol. The Kier molecular flexibility index (Phi) is 3.60. The fourth-order valence-corrected chi connectivity index (χ4v) is 2.92. The average molecular weight is 267 g/mol. The van der Waals surface area contributed by atoms with Crippen LogP contribution in [0.1, 0.15) is 27.7 Å². The Hall–Kier alpha value is -0.980. The van der Waals surface area contributed by atoms with Crippen LogP contribution in [0.3, 0.4) is 0 Å². The van der Waals surface area contributed by atoms with Gasteiger partial charge in [0.2, 0.25) is 0 Å². The van der Waals surface area contributed by atoms with Gasteiger partial charge in [-0.25, -0.2) is 4.79 Å². The number of urea groups is 1. The molecule has 1 aliphatic carbocycles. The van der Waals surface area contributed by atoms with Gasteiger partial charge in [-0.2, -0.15) is 13.2 Å². The van der Waals surface area contributed by atoms with E-state index in [9.17, 15) is 18.0 Å². The Bertz CT molecular complexity index is 323. The molecule has 0 spiro atoms. The van der Waals surface area contributed by atoms with Gasteiger partial charge in [-0.15, -0.1) is 0 Å². The van der Waals surface area contributed by atoms with Crippen LogP contribution >= 0.6 is 0 Å². The third kappa shape index (κ3) is 2.71. The number of carbonyl (C=O) groups is 1. The minimum absolute atomic E-state index is 0.113. The lowest BCUT2D eigenvalue weighted by Gasteiger charge is -2.62. The van der Waals surface area contributed by atoms with Crippen molar-refractivity contribution in [3.8, 4) is 0 Å². The first-order chi connectivity index (χ1) is 7.89. The van der Waals surface area contributed by atoms with Gasteiger partial charge in [0, 0.05) is 22.9 Å². The molecular formula is C11H20F3N3O. The molecule has 0 aromatic heterocycles. The Morgan fingerprint density at radius 3 is 2.06 bits per heavy atom. The maximum Gasteiger partial charge on any atom is 0.405 e. The molecule has 0 aromatic rings. The molecule has 0 heterocycles. The summed E-state index contributed by atoms with van der Waals surface area (Å²) in [6.07, 6.45) is -4.40. The molecule has 4 nitrogen and oxygen atoms in total. The highest BCUT2D eigenvalue weighted by Gasteiger charge is 2.60. The Morgan fingerprint density at radius 2 is 1.67 bits per heavy atom. The predicted octanol–water partition coefficient (Wildman–Crippen LogP) is 1.61. The van der Waals surface area contributed by atoms with E-state index >= 15 is 0 Å². The summed E-state index contributed by atoms with van der Waals surface area (Å²) in [6.45, 7) is 6.21. The van der Waals surface area contributed by atoms with Crippen LogP contribution in [0.15, 0.2) is 0 Å². The van der Waals surface area contributed by atoms with Crippen molar-refractivity contribution in [2.24, 2.45) is 16.6 Å². The molecule has 18 heavy (non-hydrogen) atoms. The van der Waals surface area contributed by atoms with Crippen molar-refractivity contribution in [2.45, 2.75) is 46.0 Å². The number of hydrogen-bond donors (Lipinski definition) is 3. The molecule has 0 radical (unpaired) electrons. The van der Waals surface area contributed by atoms with Crippen LogP contribution in [0.4, 0.5) is 18.0 Å². The highest BCUT2D eigenvalue weighted by Crippen LogP contribution is 2.52. The van der Waals surface area contributed by atoms with Gasteiger partial charge in [0.1, 0.15) is 6.54 Å². The van der Waals surface area contributed by atoms with E-state index in [0.29, 0.717) is 0 Å². The van der Waals surface area contributed by atoms with Crippen molar-refractivity contribution >= 4 is 6.03 Å². The summed E-state index contributed by atoms with van der Waals surface area (Å²) in [7, 11) is 0. The van der Waals surface area contributed by atoms with Gasteiger partial charge in [-0.1, -0.05) is 27.7 Å². The van der Waals surface area contributed by atoms with Crippen molar-refractivity contribution in [3.05, 3.63) is 0 Å². The maximum atomic E-state index is 12.0. The summed E-state index contributed by atoms with van der Waals surface area (Å²) >= 11 is 0.